The van der Waals surface area contributed by atoms with Crippen LogP contribution in [-0.2, 0) is 0 Å². The Balaban J connectivity index is 1.74. The first-order valence-electron chi connectivity index (χ1n) is 7.29. The lowest BCUT2D eigenvalue weighted by Gasteiger charge is -2.22. The van der Waals surface area contributed by atoms with Gasteiger partial charge in [0.1, 0.15) is 5.75 Å². The molecule has 2 saturated carbocycles. The highest BCUT2D eigenvalue weighted by atomic mass is 16.5. The molecule has 4 nitrogen and oxygen atoms in total. The predicted molar refractivity (Wildman–Crippen MR) is 74.0 cm³/mol. The van der Waals surface area contributed by atoms with Crippen molar-refractivity contribution in [3.63, 3.8) is 0 Å². The van der Waals surface area contributed by atoms with E-state index in [1.807, 2.05) is 35.2 Å². The first kappa shape index (κ1) is 11.9. The highest BCUT2D eigenvalue weighted by Gasteiger charge is 2.57. The molecule has 1 aromatic carbocycles. The Labute approximate surface area is 118 Å². The van der Waals surface area contributed by atoms with Crippen LogP contribution in [0, 0.1) is 17.8 Å². The average molecular weight is 270 g/mol. The van der Waals surface area contributed by atoms with E-state index in [0.29, 0.717) is 11.8 Å². The maximum absolute atomic E-state index is 12.1. The monoisotopic (exact) mass is 270 g/mol. The Morgan fingerprint density at radius 3 is 2.95 bits per heavy atom. The minimum Gasteiger partial charge on any atom is -0.857 e. The van der Waals surface area contributed by atoms with Gasteiger partial charge in [0.2, 0.25) is 6.21 Å². The molecule has 1 aliphatic heterocycles. The number of hydrogen-bond donors (Lipinski definition) is 0. The van der Waals surface area contributed by atoms with Gasteiger partial charge in [0.05, 0.1) is 18.6 Å². The van der Waals surface area contributed by atoms with E-state index in [0.717, 1.165) is 11.3 Å². The second-order valence-corrected chi connectivity index (χ2v) is 6.04. The third kappa shape index (κ3) is 1.60. The van der Waals surface area contributed by atoms with Gasteiger partial charge in [-0.25, -0.2) is 0 Å². The molecule has 4 rings (SSSR count). The number of fused-ring (bicyclic) bond motifs is 5. The van der Waals surface area contributed by atoms with Crippen molar-refractivity contribution in [3.8, 4) is 5.75 Å². The molecule has 2 bridgehead atoms. The molecule has 0 amide bonds. The van der Waals surface area contributed by atoms with Crippen molar-refractivity contribution in [1.29, 1.82) is 0 Å². The molecule has 0 aromatic heterocycles. The van der Waals surface area contributed by atoms with Crippen LogP contribution in [0.1, 0.15) is 24.8 Å². The van der Waals surface area contributed by atoms with Gasteiger partial charge in [-0.15, -0.1) is 0 Å². The van der Waals surface area contributed by atoms with Crippen molar-refractivity contribution in [3.05, 3.63) is 29.8 Å². The molecule has 1 aromatic rings. The highest BCUT2D eigenvalue weighted by molar-refractivity contribution is 5.82. The molecule has 20 heavy (non-hydrogen) atoms. The Bertz CT molecular complexity index is 608. The van der Waals surface area contributed by atoms with Crippen molar-refractivity contribution in [2.75, 3.05) is 7.11 Å². The molecule has 0 spiro atoms. The lowest BCUT2D eigenvalue weighted by atomic mass is 9.85. The summed E-state index contributed by atoms with van der Waals surface area (Å²) >= 11 is 0. The van der Waals surface area contributed by atoms with E-state index in [4.69, 9.17) is 4.74 Å². The van der Waals surface area contributed by atoms with Crippen LogP contribution in [0.2, 0.25) is 0 Å². The van der Waals surface area contributed by atoms with Crippen LogP contribution in [0.5, 0.6) is 5.75 Å². The molecule has 4 atom stereocenters. The summed E-state index contributed by atoms with van der Waals surface area (Å²) in [6.07, 6.45) is 5.62. The molecule has 4 unspecified atom stereocenters. The number of benzene rings is 1. The molecular formula is C16H18N2O2. The van der Waals surface area contributed by atoms with Crippen molar-refractivity contribution in [2.45, 2.75) is 25.3 Å². The predicted octanol–water partition coefficient (Wildman–Crippen LogP) is 1.23. The van der Waals surface area contributed by atoms with Gasteiger partial charge < -0.3 is 9.84 Å². The summed E-state index contributed by atoms with van der Waals surface area (Å²) in [5.41, 5.74) is 0.981. The van der Waals surface area contributed by atoms with Crippen LogP contribution in [0.4, 0.5) is 0 Å². The Morgan fingerprint density at radius 2 is 2.10 bits per heavy atom. The largest absolute Gasteiger partial charge is 0.857 e. The lowest BCUT2D eigenvalue weighted by Crippen LogP contribution is -2.37. The number of hydrazone groups is 1. The number of methoxy groups -OCH3 is 1. The summed E-state index contributed by atoms with van der Waals surface area (Å²) < 4.78 is 7.28. The normalized spacial score (nSPS) is 36.2. The minimum atomic E-state index is 0.0772. The van der Waals surface area contributed by atoms with Crippen molar-refractivity contribution < 1.29 is 14.5 Å². The fourth-order valence-corrected chi connectivity index (χ4v) is 4.27. The van der Waals surface area contributed by atoms with Gasteiger partial charge in [0.15, 0.2) is 6.04 Å². The van der Waals surface area contributed by atoms with Crippen LogP contribution >= 0.6 is 0 Å². The van der Waals surface area contributed by atoms with Crippen LogP contribution in [0.25, 0.3) is 0 Å². The van der Waals surface area contributed by atoms with E-state index in [1.54, 1.807) is 7.11 Å². The van der Waals surface area contributed by atoms with Crippen molar-refractivity contribution in [1.82, 2.24) is 0 Å². The molecule has 4 heteroatoms. The van der Waals surface area contributed by atoms with Crippen LogP contribution in [-0.4, -0.2) is 29.9 Å². The first-order chi connectivity index (χ1) is 9.78. The molecule has 104 valence electrons. The number of rotatable bonds is 2. The number of para-hydroxylation sites is 1. The fourth-order valence-electron chi connectivity index (χ4n) is 4.27. The molecule has 0 radical (unpaired) electrons. The van der Waals surface area contributed by atoms with Crippen LogP contribution in [0.3, 0.4) is 0 Å². The van der Waals surface area contributed by atoms with Gasteiger partial charge in [-0.2, -0.15) is 0 Å². The standard InChI is InChI=1S/C16H18N2O2/c1-20-13-5-3-2-4-12(13)9-18-15-11-7-6-10(8-11)14(15)16(19)17-18/h2-5,9-11,14-15H,6-8H2,1H3/b18-9+. The Hall–Kier alpha value is -1.84. The molecule has 0 saturated heterocycles. The summed E-state index contributed by atoms with van der Waals surface area (Å²) in [7, 11) is 1.67. The zero-order chi connectivity index (χ0) is 13.7. The maximum Gasteiger partial charge on any atom is 0.207 e. The summed E-state index contributed by atoms with van der Waals surface area (Å²) in [6.45, 7) is 0. The molecule has 2 fully saturated rings. The van der Waals surface area contributed by atoms with E-state index >= 15 is 0 Å². The van der Waals surface area contributed by atoms with Crippen molar-refractivity contribution >= 4 is 12.1 Å². The quantitative estimate of drug-likeness (QED) is 0.759. The summed E-state index contributed by atoms with van der Waals surface area (Å²) in [5, 5.41) is 16.4. The van der Waals surface area contributed by atoms with E-state index < -0.39 is 0 Å². The van der Waals surface area contributed by atoms with E-state index in [-0.39, 0.29) is 17.9 Å². The fraction of sp³-hybridized carbons (Fsp3) is 0.500. The third-order valence-electron chi connectivity index (χ3n) is 5.09. The third-order valence-corrected chi connectivity index (χ3v) is 5.09. The van der Waals surface area contributed by atoms with Crippen molar-refractivity contribution in [2.24, 2.45) is 22.9 Å². The Morgan fingerprint density at radius 1 is 1.30 bits per heavy atom. The summed E-state index contributed by atoms with van der Waals surface area (Å²) in [4.78, 5) is 0. The van der Waals surface area contributed by atoms with Crippen LogP contribution < -0.4 is 9.84 Å². The highest BCUT2D eigenvalue weighted by Crippen LogP contribution is 2.51. The number of hydrogen-bond acceptors (Lipinski definition) is 3. The zero-order valence-corrected chi connectivity index (χ0v) is 11.5. The van der Waals surface area contributed by atoms with E-state index in [2.05, 4.69) is 5.10 Å². The Kier molecular flexibility index (Phi) is 2.59. The van der Waals surface area contributed by atoms with Gasteiger partial charge in [0.25, 0.3) is 0 Å². The van der Waals surface area contributed by atoms with Gasteiger partial charge in [-0.1, -0.05) is 16.8 Å². The molecule has 0 N–H and O–H groups in total. The van der Waals surface area contributed by atoms with Gasteiger partial charge in [0, 0.05) is 11.8 Å². The molecule has 3 aliphatic rings. The summed E-state index contributed by atoms with van der Waals surface area (Å²) in [6, 6.07) is 8.14. The molecular weight excluding hydrogens is 252 g/mol. The zero-order valence-electron chi connectivity index (χ0n) is 11.5. The minimum absolute atomic E-state index is 0.0772. The lowest BCUT2D eigenvalue weighted by molar-refractivity contribution is -0.569. The second-order valence-electron chi connectivity index (χ2n) is 6.04. The van der Waals surface area contributed by atoms with Gasteiger partial charge in [-0.3, -0.25) is 0 Å². The topological polar surface area (TPSA) is 47.7 Å². The number of ether oxygens (including phenoxy) is 1. The van der Waals surface area contributed by atoms with E-state index in [1.165, 1.54) is 19.3 Å². The maximum atomic E-state index is 12.1. The average Bonchev–Trinajstić information content (AvgIpc) is 3.14. The molecule has 2 aliphatic carbocycles. The second kappa shape index (κ2) is 4.33. The smallest absolute Gasteiger partial charge is 0.207 e. The van der Waals surface area contributed by atoms with E-state index in [9.17, 15) is 5.11 Å². The summed E-state index contributed by atoms with van der Waals surface area (Å²) in [5.74, 6) is 2.23. The molecule has 1 heterocycles. The first-order valence-corrected chi connectivity index (χ1v) is 7.29. The van der Waals surface area contributed by atoms with Gasteiger partial charge in [-0.05, 0) is 42.4 Å². The SMILES string of the molecule is COc1ccccc1/C=[N+]1/N=C([O-])C2C3CCC(C3)C21. The van der Waals surface area contributed by atoms with Crippen LogP contribution in [0.15, 0.2) is 29.4 Å². The van der Waals surface area contributed by atoms with Gasteiger partial charge >= 0.3 is 0 Å². The number of nitrogens with zero attached hydrogens (tertiary/aromatic N) is 2.